The zero-order chi connectivity index (χ0) is 12.3. The molecular weight excluding hydrogens is 232 g/mol. The van der Waals surface area contributed by atoms with Gasteiger partial charge in [-0.1, -0.05) is 31.2 Å². The van der Waals surface area contributed by atoms with Gasteiger partial charge < -0.3 is 4.74 Å². The highest BCUT2D eigenvalue weighted by molar-refractivity contribution is 7.20. The molecule has 0 N–H and O–H groups in total. The van der Waals surface area contributed by atoms with Crippen LogP contribution in [0.2, 0.25) is 0 Å². The molecule has 1 heterocycles. The van der Waals surface area contributed by atoms with E-state index in [2.05, 4.69) is 25.1 Å². The standard InChI is InChI=1S/C14H14O2S/c1-3-4-6-10-7-5-8-12-11(10)9-13(17-12)14(15)16-2/h4-9H,3H2,1-2H3. The van der Waals surface area contributed by atoms with Crippen LogP contribution in [0.4, 0.5) is 0 Å². The van der Waals surface area contributed by atoms with E-state index in [1.165, 1.54) is 18.4 Å². The average molecular weight is 246 g/mol. The van der Waals surface area contributed by atoms with Gasteiger partial charge in [-0.2, -0.15) is 0 Å². The molecule has 0 aliphatic rings. The lowest BCUT2D eigenvalue weighted by Gasteiger charge is -1.95. The van der Waals surface area contributed by atoms with Crippen LogP contribution in [0, 0.1) is 0 Å². The second-order valence-corrected chi connectivity index (χ2v) is 4.76. The van der Waals surface area contributed by atoms with E-state index in [1.807, 2.05) is 18.2 Å². The van der Waals surface area contributed by atoms with Crippen LogP contribution >= 0.6 is 11.3 Å². The van der Waals surface area contributed by atoms with E-state index in [4.69, 9.17) is 4.74 Å². The molecule has 0 atom stereocenters. The first-order valence-electron chi connectivity index (χ1n) is 5.53. The summed E-state index contributed by atoms with van der Waals surface area (Å²) in [5.74, 6) is -0.267. The zero-order valence-corrected chi connectivity index (χ0v) is 10.7. The van der Waals surface area contributed by atoms with Gasteiger partial charge in [0.25, 0.3) is 0 Å². The van der Waals surface area contributed by atoms with Crippen LogP contribution in [-0.4, -0.2) is 13.1 Å². The molecule has 0 unspecified atom stereocenters. The SMILES string of the molecule is CCC=Cc1cccc2sc(C(=O)OC)cc12. The molecular formula is C14H14O2S. The summed E-state index contributed by atoms with van der Waals surface area (Å²) < 4.78 is 5.85. The van der Waals surface area contributed by atoms with Crippen molar-refractivity contribution in [3.8, 4) is 0 Å². The molecule has 0 saturated carbocycles. The summed E-state index contributed by atoms with van der Waals surface area (Å²) in [7, 11) is 1.41. The smallest absolute Gasteiger partial charge is 0.348 e. The highest BCUT2D eigenvalue weighted by Gasteiger charge is 2.11. The first-order valence-corrected chi connectivity index (χ1v) is 6.35. The lowest BCUT2D eigenvalue weighted by Crippen LogP contribution is -1.96. The van der Waals surface area contributed by atoms with Crippen molar-refractivity contribution in [2.45, 2.75) is 13.3 Å². The van der Waals surface area contributed by atoms with E-state index < -0.39 is 0 Å². The number of methoxy groups -OCH3 is 1. The van der Waals surface area contributed by atoms with E-state index in [-0.39, 0.29) is 5.97 Å². The molecule has 2 aromatic rings. The molecule has 0 fully saturated rings. The normalized spacial score (nSPS) is 11.2. The summed E-state index contributed by atoms with van der Waals surface area (Å²) in [5, 5.41) is 1.11. The van der Waals surface area contributed by atoms with Gasteiger partial charge in [0.05, 0.1) is 7.11 Å². The second kappa shape index (κ2) is 5.15. The fraction of sp³-hybridized carbons (Fsp3) is 0.214. The van der Waals surface area contributed by atoms with Crippen LogP contribution < -0.4 is 0 Å². The minimum atomic E-state index is -0.267. The van der Waals surface area contributed by atoms with E-state index in [1.54, 1.807) is 0 Å². The van der Waals surface area contributed by atoms with Gasteiger partial charge in [0.1, 0.15) is 4.88 Å². The number of benzene rings is 1. The number of allylic oxidation sites excluding steroid dienone is 1. The molecule has 1 aromatic carbocycles. The lowest BCUT2D eigenvalue weighted by atomic mass is 10.1. The van der Waals surface area contributed by atoms with E-state index in [0.29, 0.717) is 4.88 Å². The van der Waals surface area contributed by atoms with Gasteiger partial charge >= 0.3 is 5.97 Å². The van der Waals surface area contributed by atoms with E-state index >= 15 is 0 Å². The van der Waals surface area contributed by atoms with Gasteiger partial charge in [-0.05, 0) is 24.1 Å². The maximum absolute atomic E-state index is 11.5. The Bertz CT molecular complexity index is 567. The molecule has 2 rings (SSSR count). The third-order valence-corrected chi connectivity index (χ3v) is 3.60. The molecule has 2 nitrogen and oxygen atoms in total. The Balaban J connectivity index is 2.52. The second-order valence-electron chi connectivity index (χ2n) is 3.67. The van der Waals surface area contributed by atoms with Crippen molar-refractivity contribution in [3.05, 3.63) is 40.8 Å². The number of hydrogen-bond acceptors (Lipinski definition) is 3. The van der Waals surface area contributed by atoms with Crippen LogP contribution in [0.1, 0.15) is 28.6 Å². The minimum Gasteiger partial charge on any atom is -0.465 e. The summed E-state index contributed by atoms with van der Waals surface area (Å²) in [6.07, 6.45) is 5.21. The minimum absolute atomic E-state index is 0.267. The van der Waals surface area contributed by atoms with Crippen LogP contribution in [0.5, 0.6) is 0 Å². The monoisotopic (exact) mass is 246 g/mol. The maximum Gasteiger partial charge on any atom is 0.348 e. The van der Waals surface area contributed by atoms with Crippen molar-refractivity contribution in [1.29, 1.82) is 0 Å². The van der Waals surface area contributed by atoms with Crippen LogP contribution in [-0.2, 0) is 4.74 Å². The predicted molar refractivity (Wildman–Crippen MR) is 72.5 cm³/mol. The molecule has 0 radical (unpaired) electrons. The summed E-state index contributed by atoms with van der Waals surface area (Å²) in [6.45, 7) is 2.10. The molecule has 1 aromatic heterocycles. The van der Waals surface area contributed by atoms with Crippen molar-refractivity contribution in [2.75, 3.05) is 7.11 Å². The van der Waals surface area contributed by atoms with E-state index in [0.717, 1.165) is 22.1 Å². The topological polar surface area (TPSA) is 26.3 Å². The third-order valence-electron chi connectivity index (χ3n) is 2.51. The van der Waals surface area contributed by atoms with Crippen molar-refractivity contribution in [2.24, 2.45) is 0 Å². The molecule has 88 valence electrons. The maximum atomic E-state index is 11.5. The number of hydrogen-bond donors (Lipinski definition) is 0. The van der Waals surface area contributed by atoms with Gasteiger partial charge in [0.15, 0.2) is 0 Å². The largest absolute Gasteiger partial charge is 0.465 e. The van der Waals surface area contributed by atoms with Gasteiger partial charge in [0, 0.05) is 10.1 Å². The quantitative estimate of drug-likeness (QED) is 0.762. The molecule has 17 heavy (non-hydrogen) atoms. The Labute approximate surface area is 105 Å². The number of fused-ring (bicyclic) bond motifs is 1. The molecule has 0 saturated heterocycles. The summed E-state index contributed by atoms with van der Waals surface area (Å²) >= 11 is 1.47. The Morgan fingerprint density at radius 2 is 2.29 bits per heavy atom. The first-order chi connectivity index (χ1) is 8.26. The van der Waals surface area contributed by atoms with Crippen LogP contribution in [0.25, 0.3) is 16.2 Å². The van der Waals surface area contributed by atoms with E-state index in [9.17, 15) is 4.79 Å². The highest BCUT2D eigenvalue weighted by atomic mass is 32.1. The molecule has 0 amide bonds. The Morgan fingerprint density at radius 1 is 1.47 bits per heavy atom. The van der Waals surface area contributed by atoms with Crippen LogP contribution in [0.15, 0.2) is 30.3 Å². The van der Waals surface area contributed by atoms with Gasteiger partial charge in [0.2, 0.25) is 0 Å². The molecule has 0 aliphatic carbocycles. The Kier molecular flexibility index (Phi) is 3.59. The number of rotatable bonds is 3. The fourth-order valence-corrected chi connectivity index (χ4v) is 2.69. The van der Waals surface area contributed by atoms with Gasteiger partial charge in [-0.25, -0.2) is 4.79 Å². The van der Waals surface area contributed by atoms with Crippen molar-refractivity contribution in [1.82, 2.24) is 0 Å². The summed E-state index contributed by atoms with van der Waals surface area (Å²) in [5.41, 5.74) is 1.15. The molecule has 0 spiro atoms. The molecule has 3 heteroatoms. The van der Waals surface area contributed by atoms with Crippen molar-refractivity contribution in [3.63, 3.8) is 0 Å². The average Bonchev–Trinajstić information content (AvgIpc) is 2.79. The number of carbonyl (C=O) groups is 1. The van der Waals surface area contributed by atoms with Gasteiger partial charge in [-0.3, -0.25) is 0 Å². The van der Waals surface area contributed by atoms with Crippen LogP contribution in [0.3, 0.4) is 0 Å². The van der Waals surface area contributed by atoms with Crippen molar-refractivity contribution < 1.29 is 9.53 Å². The predicted octanol–water partition coefficient (Wildman–Crippen LogP) is 4.11. The highest BCUT2D eigenvalue weighted by Crippen LogP contribution is 2.29. The number of thiophene rings is 1. The van der Waals surface area contributed by atoms with Gasteiger partial charge in [-0.15, -0.1) is 11.3 Å². The number of esters is 1. The lowest BCUT2D eigenvalue weighted by molar-refractivity contribution is 0.0606. The molecule has 0 aliphatic heterocycles. The Hall–Kier alpha value is -1.61. The zero-order valence-electron chi connectivity index (χ0n) is 9.90. The number of ether oxygens (including phenoxy) is 1. The third kappa shape index (κ3) is 2.39. The van der Waals surface area contributed by atoms with Crippen molar-refractivity contribution >= 4 is 33.5 Å². The fourth-order valence-electron chi connectivity index (χ4n) is 1.67. The number of carbonyl (C=O) groups excluding carboxylic acids is 1. The summed E-state index contributed by atoms with van der Waals surface area (Å²) in [6, 6.07) is 7.99. The summed E-state index contributed by atoms with van der Waals surface area (Å²) in [4.78, 5) is 12.1. The Morgan fingerprint density at radius 3 is 3.00 bits per heavy atom. The molecule has 0 bridgehead atoms. The first kappa shape index (κ1) is 11.9.